The summed E-state index contributed by atoms with van der Waals surface area (Å²) >= 11 is 0. The van der Waals surface area contributed by atoms with Crippen molar-refractivity contribution in [3.63, 3.8) is 0 Å². The fourth-order valence-electron chi connectivity index (χ4n) is 1.62. The summed E-state index contributed by atoms with van der Waals surface area (Å²) in [4.78, 5) is 23.1. The molecular weight excluding hydrogens is 244 g/mol. The van der Waals surface area contributed by atoms with Gasteiger partial charge in [-0.05, 0) is 26.2 Å². The molecule has 0 aromatic rings. The Hall–Kier alpha value is -1.42. The fraction of sp³-hybridized carbons (Fsp3) is 0.600. The molecule has 4 nitrogen and oxygen atoms in total. The summed E-state index contributed by atoms with van der Waals surface area (Å²) in [7, 11) is 0. The van der Waals surface area contributed by atoms with Crippen molar-refractivity contribution >= 4 is 11.8 Å². The number of Topliss-reactive ketones (excluding diaryl/α,β-unsaturated/α-hetero) is 1. The molecule has 0 aromatic heterocycles. The van der Waals surface area contributed by atoms with Gasteiger partial charge in [-0.1, -0.05) is 31.2 Å². The molecule has 0 spiro atoms. The first kappa shape index (κ1) is 15.6. The minimum Gasteiger partial charge on any atom is -0.464 e. The van der Waals surface area contributed by atoms with Crippen molar-refractivity contribution in [1.29, 1.82) is 0 Å². The Kier molecular flexibility index (Phi) is 7.11. The van der Waals surface area contributed by atoms with Gasteiger partial charge >= 0.3 is 5.97 Å². The van der Waals surface area contributed by atoms with Crippen LogP contribution in [0.2, 0.25) is 0 Å². The third kappa shape index (κ3) is 5.83. The molecule has 0 amide bonds. The lowest BCUT2D eigenvalue weighted by atomic mass is 10.1. The molecule has 1 saturated heterocycles. The van der Waals surface area contributed by atoms with Crippen LogP contribution in [-0.2, 0) is 19.1 Å². The van der Waals surface area contributed by atoms with Crippen LogP contribution in [0.5, 0.6) is 0 Å². The molecule has 0 N–H and O–H groups in total. The van der Waals surface area contributed by atoms with E-state index in [-0.39, 0.29) is 5.78 Å². The molecule has 1 rings (SSSR count). The Bertz CT molecular complexity index is 357. The number of carbonyl (C=O) groups excluding carboxylic acids is 2. The highest BCUT2D eigenvalue weighted by Crippen LogP contribution is 2.26. The Balaban J connectivity index is 2.15. The van der Waals surface area contributed by atoms with Crippen LogP contribution in [0.4, 0.5) is 0 Å². The molecule has 2 atom stereocenters. The predicted molar refractivity (Wildman–Crippen MR) is 72.7 cm³/mol. The monoisotopic (exact) mass is 266 g/mol. The van der Waals surface area contributed by atoms with Crippen LogP contribution < -0.4 is 0 Å². The van der Waals surface area contributed by atoms with Crippen molar-refractivity contribution in [2.75, 3.05) is 6.61 Å². The lowest BCUT2D eigenvalue weighted by molar-refractivity contribution is -0.145. The van der Waals surface area contributed by atoms with Crippen LogP contribution in [-0.4, -0.2) is 30.6 Å². The number of carbonyl (C=O) groups is 2. The smallest absolute Gasteiger partial charge is 0.338 e. The van der Waals surface area contributed by atoms with Crippen LogP contribution in [0, 0.1) is 0 Å². The first-order chi connectivity index (χ1) is 9.20. The van der Waals surface area contributed by atoms with E-state index in [1.165, 1.54) is 0 Å². The molecule has 0 aliphatic carbocycles. The van der Waals surface area contributed by atoms with E-state index in [1.807, 2.05) is 38.2 Å². The molecule has 4 heteroatoms. The lowest BCUT2D eigenvalue weighted by Gasteiger charge is -1.98. The molecule has 1 aliphatic heterocycles. The number of allylic oxidation sites excluding steroid dienone is 4. The van der Waals surface area contributed by atoms with Gasteiger partial charge in [0, 0.05) is 6.42 Å². The molecule has 2 unspecified atom stereocenters. The number of ketones is 1. The maximum atomic E-state index is 11.7. The first-order valence-electron chi connectivity index (χ1n) is 6.81. The Morgan fingerprint density at radius 2 is 2.00 bits per heavy atom. The van der Waals surface area contributed by atoms with Crippen molar-refractivity contribution in [1.82, 2.24) is 0 Å². The van der Waals surface area contributed by atoms with Crippen molar-refractivity contribution in [2.45, 2.75) is 51.7 Å². The number of epoxide rings is 1. The second-order valence-electron chi connectivity index (χ2n) is 4.43. The third-order valence-electron chi connectivity index (χ3n) is 2.72. The highest BCUT2D eigenvalue weighted by Gasteiger charge is 2.50. The van der Waals surface area contributed by atoms with Gasteiger partial charge in [0.15, 0.2) is 18.0 Å². The van der Waals surface area contributed by atoms with E-state index in [4.69, 9.17) is 9.47 Å². The van der Waals surface area contributed by atoms with E-state index < -0.39 is 18.2 Å². The number of rotatable bonds is 9. The molecule has 1 aliphatic rings. The lowest BCUT2D eigenvalue weighted by Crippen LogP contribution is -2.18. The molecular formula is C15H22O4. The SMILES string of the molecule is CC=CCC=CCCC(=O)C1OC1C(=O)OCCC. The molecule has 0 bridgehead atoms. The van der Waals surface area contributed by atoms with Gasteiger partial charge < -0.3 is 9.47 Å². The minimum absolute atomic E-state index is 0.0193. The molecule has 1 heterocycles. The zero-order chi connectivity index (χ0) is 14.1. The van der Waals surface area contributed by atoms with Crippen molar-refractivity contribution in [3.8, 4) is 0 Å². The summed E-state index contributed by atoms with van der Waals surface area (Å²) < 4.78 is 10.0. The zero-order valence-electron chi connectivity index (χ0n) is 11.6. The number of hydrogen-bond donors (Lipinski definition) is 0. The van der Waals surface area contributed by atoms with E-state index in [1.54, 1.807) is 0 Å². The number of ether oxygens (including phenoxy) is 2. The summed E-state index contributed by atoms with van der Waals surface area (Å²) in [6.45, 7) is 4.27. The van der Waals surface area contributed by atoms with E-state index >= 15 is 0 Å². The Morgan fingerprint density at radius 3 is 2.68 bits per heavy atom. The summed E-state index contributed by atoms with van der Waals surface area (Å²) in [6.07, 6.45) is 9.55. The summed E-state index contributed by atoms with van der Waals surface area (Å²) in [5.74, 6) is -0.432. The predicted octanol–water partition coefficient (Wildman–Crippen LogP) is 2.58. The van der Waals surface area contributed by atoms with E-state index in [2.05, 4.69) is 0 Å². The molecule has 0 radical (unpaired) electrons. The molecule has 0 saturated carbocycles. The fourth-order valence-corrected chi connectivity index (χ4v) is 1.62. The summed E-state index contributed by atoms with van der Waals surface area (Å²) in [5, 5.41) is 0. The second kappa shape index (κ2) is 8.64. The number of esters is 1. The van der Waals surface area contributed by atoms with Gasteiger partial charge in [-0.15, -0.1) is 0 Å². The van der Waals surface area contributed by atoms with Crippen LogP contribution in [0.25, 0.3) is 0 Å². The molecule has 0 aromatic carbocycles. The van der Waals surface area contributed by atoms with Crippen molar-refractivity contribution < 1.29 is 19.1 Å². The highest BCUT2D eigenvalue weighted by atomic mass is 16.6. The minimum atomic E-state index is -0.661. The van der Waals surface area contributed by atoms with Gasteiger partial charge in [0.1, 0.15) is 0 Å². The number of hydrogen-bond acceptors (Lipinski definition) is 4. The Labute approximate surface area is 114 Å². The summed E-state index contributed by atoms with van der Waals surface area (Å²) in [6, 6.07) is 0. The molecule has 106 valence electrons. The molecule has 19 heavy (non-hydrogen) atoms. The quantitative estimate of drug-likeness (QED) is 0.365. The zero-order valence-corrected chi connectivity index (χ0v) is 11.6. The summed E-state index contributed by atoms with van der Waals surface area (Å²) in [5.41, 5.74) is 0. The van der Waals surface area contributed by atoms with E-state index in [0.29, 0.717) is 19.4 Å². The highest BCUT2D eigenvalue weighted by molar-refractivity contribution is 5.94. The largest absolute Gasteiger partial charge is 0.464 e. The van der Waals surface area contributed by atoms with Crippen LogP contribution in [0.3, 0.4) is 0 Å². The van der Waals surface area contributed by atoms with Gasteiger partial charge in [-0.3, -0.25) is 4.79 Å². The van der Waals surface area contributed by atoms with Crippen molar-refractivity contribution in [3.05, 3.63) is 24.3 Å². The maximum Gasteiger partial charge on any atom is 0.338 e. The van der Waals surface area contributed by atoms with Gasteiger partial charge in [0.25, 0.3) is 0 Å². The van der Waals surface area contributed by atoms with Gasteiger partial charge in [-0.25, -0.2) is 4.79 Å². The van der Waals surface area contributed by atoms with Gasteiger partial charge in [0.2, 0.25) is 0 Å². The van der Waals surface area contributed by atoms with Crippen LogP contribution in [0.1, 0.15) is 39.5 Å². The van der Waals surface area contributed by atoms with E-state index in [9.17, 15) is 9.59 Å². The standard InChI is InChI=1S/C15H22O4/c1-3-5-6-7-8-9-10-12(16)13-14(19-13)15(17)18-11-4-2/h3,5,7-8,13-14H,4,6,9-11H2,1-2H3. The average molecular weight is 266 g/mol. The maximum absolute atomic E-state index is 11.7. The normalized spacial score (nSPS) is 22.0. The molecule has 1 fully saturated rings. The van der Waals surface area contributed by atoms with Crippen LogP contribution >= 0.6 is 0 Å². The Morgan fingerprint density at radius 1 is 1.21 bits per heavy atom. The van der Waals surface area contributed by atoms with Crippen molar-refractivity contribution in [2.24, 2.45) is 0 Å². The van der Waals surface area contributed by atoms with Gasteiger partial charge in [-0.2, -0.15) is 0 Å². The van der Waals surface area contributed by atoms with Gasteiger partial charge in [0.05, 0.1) is 6.61 Å². The second-order valence-corrected chi connectivity index (χ2v) is 4.43. The van der Waals surface area contributed by atoms with E-state index in [0.717, 1.165) is 12.8 Å². The van der Waals surface area contributed by atoms with Crippen LogP contribution in [0.15, 0.2) is 24.3 Å². The third-order valence-corrected chi connectivity index (χ3v) is 2.72. The average Bonchev–Trinajstić information content (AvgIpc) is 3.20. The first-order valence-corrected chi connectivity index (χ1v) is 6.81. The topological polar surface area (TPSA) is 55.9 Å².